The van der Waals surface area contributed by atoms with Crippen LogP contribution in [-0.4, -0.2) is 32.0 Å². The lowest BCUT2D eigenvalue weighted by Crippen LogP contribution is -2.39. The van der Waals surface area contributed by atoms with Crippen LogP contribution in [0.5, 0.6) is 17.2 Å². The third kappa shape index (κ3) is 4.80. The summed E-state index contributed by atoms with van der Waals surface area (Å²) in [6.45, 7) is 4.55. The van der Waals surface area contributed by atoms with Gasteiger partial charge in [-0.1, -0.05) is 11.8 Å². The van der Waals surface area contributed by atoms with E-state index in [1.165, 1.54) is 0 Å². The van der Waals surface area contributed by atoms with Gasteiger partial charge >= 0.3 is 6.03 Å². The quantitative estimate of drug-likeness (QED) is 0.825. The maximum atomic E-state index is 11.3. The number of carbonyl (C=O) groups excluding carboxylic acids is 1. The van der Waals surface area contributed by atoms with Crippen LogP contribution in [0, 0.1) is 11.8 Å². The first-order valence-electron chi connectivity index (χ1n) is 6.67. The summed E-state index contributed by atoms with van der Waals surface area (Å²) in [5.74, 6) is 7.69. The van der Waals surface area contributed by atoms with Crippen LogP contribution in [0.3, 0.4) is 0 Å². The summed E-state index contributed by atoms with van der Waals surface area (Å²) in [5, 5.41) is 5.34. The zero-order valence-corrected chi connectivity index (χ0v) is 12.1. The van der Waals surface area contributed by atoms with Gasteiger partial charge in [-0.2, -0.15) is 0 Å². The first kappa shape index (κ1) is 14.9. The molecular formula is C15H18N2O4. The summed E-state index contributed by atoms with van der Waals surface area (Å²) in [7, 11) is 0. The normalized spacial score (nSPS) is 11.6. The monoisotopic (exact) mass is 290 g/mol. The van der Waals surface area contributed by atoms with Crippen LogP contribution in [0.4, 0.5) is 4.79 Å². The molecule has 0 saturated heterocycles. The molecule has 0 bridgehead atoms. The Kier molecular flexibility index (Phi) is 5.16. The average molecular weight is 290 g/mol. The second kappa shape index (κ2) is 7.29. The van der Waals surface area contributed by atoms with Gasteiger partial charge < -0.3 is 24.8 Å². The number of fused-ring (bicyclic) bond motifs is 1. The Bertz CT molecular complexity index is 561. The van der Waals surface area contributed by atoms with Crippen LogP contribution in [0.1, 0.15) is 13.8 Å². The van der Waals surface area contributed by atoms with Crippen molar-refractivity contribution in [3.05, 3.63) is 18.2 Å². The van der Waals surface area contributed by atoms with E-state index >= 15 is 0 Å². The molecule has 112 valence electrons. The summed E-state index contributed by atoms with van der Waals surface area (Å²) in [6.07, 6.45) is 0. The molecule has 0 aliphatic carbocycles. The standard InChI is InChI=1S/C15H18N2O4/c1-11(2)17-15(18)16-7-3-4-8-19-12-5-6-13-14(9-12)21-10-20-13/h5-6,9,11H,7-8,10H2,1-2H3,(H2,16,17,18). The van der Waals surface area contributed by atoms with Crippen molar-refractivity contribution in [2.45, 2.75) is 19.9 Å². The molecule has 0 radical (unpaired) electrons. The molecule has 0 unspecified atom stereocenters. The number of hydrogen-bond donors (Lipinski definition) is 2. The topological polar surface area (TPSA) is 68.8 Å². The third-order valence-electron chi connectivity index (χ3n) is 2.54. The molecule has 2 rings (SSSR count). The highest BCUT2D eigenvalue weighted by Gasteiger charge is 2.13. The predicted molar refractivity (Wildman–Crippen MR) is 77.5 cm³/mol. The van der Waals surface area contributed by atoms with Crippen LogP contribution in [0.2, 0.25) is 0 Å². The number of benzene rings is 1. The maximum Gasteiger partial charge on any atom is 0.315 e. The largest absolute Gasteiger partial charge is 0.481 e. The van der Waals surface area contributed by atoms with Gasteiger partial charge in [-0.15, -0.1) is 0 Å². The van der Waals surface area contributed by atoms with E-state index < -0.39 is 0 Å². The smallest absolute Gasteiger partial charge is 0.315 e. The minimum absolute atomic E-state index is 0.104. The van der Waals surface area contributed by atoms with Crippen LogP contribution in [0.15, 0.2) is 18.2 Å². The summed E-state index contributed by atoms with van der Waals surface area (Å²) in [5.41, 5.74) is 0. The molecule has 1 aromatic carbocycles. The van der Waals surface area contributed by atoms with Gasteiger partial charge in [0, 0.05) is 12.1 Å². The lowest BCUT2D eigenvalue weighted by Gasteiger charge is -2.07. The first-order chi connectivity index (χ1) is 10.1. The van der Waals surface area contributed by atoms with Gasteiger partial charge in [-0.05, 0) is 26.0 Å². The molecule has 2 amide bonds. The molecule has 2 N–H and O–H groups in total. The highest BCUT2D eigenvalue weighted by molar-refractivity contribution is 5.74. The number of urea groups is 1. The summed E-state index contributed by atoms with van der Waals surface area (Å²) in [4.78, 5) is 11.3. The fourth-order valence-electron chi connectivity index (χ4n) is 1.64. The molecule has 1 heterocycles. The molecule has 1 aliphatic heterocycles. The lowest BCUT2D eigenvalue weighted by molar-refractivity contribution is 0.174. The fraction of sp³-hybridized carbons (Fsp3) is 0.400. The van der Waals surface area contributed by atoms with Crippen molar-refractivity contribution in [1.29, 1.82) is 0 Å². The Morgan fingerprint density at radius 1 is 1.33 bits per heavy atom. The zero-order chi connectivity index (χ0) is 15.1. The summed E-state index contributed by atoms with van der Waals surface area (Å²) < 4.78 is 15.9. The van der Waals surface area contributed by atoms with Crippen LogP contribution in [0.25, 0.3) is 0 Å². The number of rotatable bonds is 4. The van der Waals surface area contributed by atoms with Crippen molar-refractivity contribution in [1.82, 2.24) is 10.6 Å². The highest BCUT2D eigenvalue weighted by atomic mass is 16.7. The van der Waals surface area contributed by atoms with Gasteiger partial charge in [0.25, 0.3) is 0 Å². The average Bonchev–Trinajstić information content (AvgIpc) is 2.89. The SMILES string of the molecule is CC(C)NC(=O)NCC#CCOc1ccc2c(c1)OCO2. The molecule has 1 aliphatic rings. The second-order valence-corrected chi connectivity index (χ2v) is 4.64. The van der Waals surface area contributed by atoms with Crippen LogP contribution < -0.4 is 24.8 Å². The minimum Gasteiger partial charge on any atom is -0.481 e. The van der Waals surface area contributed by atoms with Crippen molar-refractivity contribution < 1.29 is 19.0 Å². The van der Waals surface area contributed by atoms with Gasteiger partial charge in [0.2, 0.25) is 6.79 Å². The van der Waals surface area contributed by atoms with Crippen molar-refractivity contribution in [3.63, 3.8) is 0 Å². The van der Waals surface area contributed by atoms with E-state index in [2.05, 4.69) is 22.5 Å². The minimum atomic E-state index is -0.226. The Labute approximate surface area is 123 Å². The molecule has 0 atom stereocenters. The van der Waals surface area contributed by atoms with Gasteiger partial charge in [-0.25, -0.2) is 4.79 Å². The van der Waals surface area contributed by atoms with Gasteiger partial charge in [0.1, 0.15) is 12.4 Å². The number of hydrogen-bond acceptors (Lipinski definition) is 4. The predicted octanol–water partition coefficient (Wildman–Crippen LogP) is 1.51. The summed E-state index contributed by atoms with van der Waals surface area (Å²) in [6, 6.07) is 5.23. The van der Waals surface area contributed by atoms with Crippen molar-refractivity contribution in [3.8, 4) is 29.1 Å². The molecule has 0 saturated carbocycles. The lowest BCUT2D eigenvalue weighted by atomic mass is 10.3. The number of carbonyl (C=O) groups is 1. The van der Waals surface area contributed by atoms with Gasteiger partial charge in [-0.3, -0.25) is 0 Å². The number of nitrogens with one attached hydrogen (secondary N) is 2. The van der Waals surface area contributed by atoms with E-state index in [1.54, 1.807) is 18.2 Å². The van der Waals surface area contributed by atoms with E-state index in [1.807, 2.05) is 13.8 Å². The van der Waals surface area contributed by atoms with E-state index in [0.29, 0.717) is 17.2 Å². The Morgan fingerprint density at radius 2 is 2.14 bits per heavy atom. The third-order valence-corrected chi connectivity index (χ3v) is 2.54. The molecule has 6 heteroatoms. The van der Waals surface area contributed by atoms with E-state index in [4.69, 9.17) is 14.2 Å². The number of amides is 2. The second-order valence-electron chi connectivity index (χ2n) is 4.64. The summed E-state index contributed by atoms with van der Waals surface area (Å²) >= 11 is 0. The molecule has 21 heavy (non-hydrogen) atoms. The highest BCUT2D eigenvalue weighted by Crippen LogP contribution is 2.34. The molecule has 6 nitrogen and oxygen atoms in total. The van der Waals surface area contributed by atoms with Crippen molar-refractivity contribution in [2.24, 2.45) is 0 Å². The fourth-order valence-corrected chi connectivity index (χ4v) is 1.64. The molecule has 0 aromatic heterocycles. The molecule has 0 spiro atoms. The number of ether oxygens (including phenoxy) is 3. The van der Waals surface area contributed by atoms with Crippen LogP contribution >= 0.6 is 0 Å². The molecule has 0 fully saturated rings. The first-order valence-corrected chi connectivity index (χ1v) is 6.67. The van der Waals surface area contributed by atoms with Crippen LogP contribution in [-0.2, 0) is 0 Å². The van der Waals surface area contributed by atoms with E-state index in [9.17, 15) is 4.79 Å². The van der Waals surface area contributed by atoms with Gasteiger partial charge in [0.05, 0.1) is 6.54 Å². The van der Waals surface area contributed by atoms with Crippen molar-refractivity contribution in [2.75, 3.05) is 19.9 Å². The Balaban J connectivity index is 1.68. The molecular weight excluding hydrogens is 272 g/mol. The molecule has 1 aromatic rings. The maximum absolute atomic E-state index is 11.3. The van der Waals surface area contributed by atoms with Crippen molar-refractivity contribution >= 4 is 6.03 Å². The van der Waals surface area contributed by atoms with Gasteiger partial charge in [0.15, 0.2) is 11.5 Å². The Morgan fingerprint density at radius 3 is 2.95 bits per heavy atom. The van der Waals surface area contributed by atoms with E-state index in [-0.39, 0.29) is 32.0 Å². The van der Waals surface area contributed by atoms with E-state index in [0.717, 1.165) is 0 Å². The zero-order valence-electron chi connectivity index (χ0n) is 12.1. The Hall–Kier alpha value is -2.55.